The Morgan fingerprint density at radius 2 is 2.03 bits per heavy atom. The van der Waals surface area contributed by atoms with Gasteiger partial charge in [-0.3, -0.25) is 4.98 Å². The van der Waals surface area contributed by atoms with E-state index in [0.29, 0.717) is 24.0 Å². The maximum atomic E-state index is 6.19. The van der Waals surface area contributed by atoms with Crippen molar-refractivity contribution in [3.05, 3.63) is 70.4 Å². The first-order valence-electron chi connectivity index (χ1n) is 13.3. The summed E-state index contributed by atoms with van der Waals surface area (Å²) in [5, 5.41) is 0. The molecule has 0 aliphatic heterocycles. The molecule has 2 saturated carbocycles. The molecule has 36 heavy (non-hydrogen) atoms. The number of benzene rings is 2. The molecule has 0 bridgehead atoms. The second-order valence-electron chi connectivity index (χ2n) is 11.2. The number of aromatic nitrogens is 3. The van der Waals surface area contributed by atoms with Crippen molar-refractivity contribution in [2.24, 2.45) is 17.3 Å². The van der Waals surface area contributed by atoms with Crippen molar-refractivity contribution in [2.75, 3.05) is 7.11 Å². The Bertz CT molecular complexity index is 1400. The van der Waals surface area contributed by atoms with Crippen LogP contribution in [0.5, 0.6) is 11.5 Å². The van der Waals surface area contributed by atoms with Crippen molar-refractivity contribution in [3.63, 3.8) is 0 Å². The molecule has 2 fully saturated rings. The molecule has 5 atom stereocenters. The van der Waals surface area contributed by atoms with Crippen LogP contribution in [0, 0.1) is 17.3 Å². The number of ether oxygens (including phenoxy) is 2. The van der Waals surface area contributed by atoms with E-state index in [0.717, 1.165) is 40.1 Å². The SMILES string of the molecule is COc1cc2c(cc1OCc1cncs1)CC[C@@H]1[C@@H]2CC[C@]2(C)C(n3cnc4ccccc43)CC[C@@H]12. The molecular weight excluding hydrogens is 466 g/mol. The standard InChI is InChI=1S/C30H33N3O2S/c1-30-12-11-21-22(24(30)9-10-29(30)33-17-32-25-5-3-4-6-26(25)33)8-7-19-13-28(27(34-2)14-23(19)21)35-16-20-15-31-18-36-20/h3-6,13-15,17-18,21-22,24,29H,7-12,16H2,1-2H3/t21-,22+,24-,29?,30-/m0/s1. The molecule has 0 spiro atoms. The third-order valence-electron chi connectivity index (χ3n) is 9.63. The van der Waals surface area contributed by atoms with E-state index >= 15 is 0 Å². The average Bonchev–Trinajstić information content (AvgIpc) is 3.65. The van der Waals surface area contributed by atoms with Crippen LogP contribution in [0.3, 0.4) is 0 Å². The quantitative estimate of drug-likeness (QED) is 0.292. The fourth-order valence-corrected chi connectivity index (χ4v) is 8.47. The van der Waals surface area contributed by atoms with Gasteiger partial charge in [-0.25, -0.2) is 4.98 Å². The second-order valence-corrected chi connectivity index (χ2v) is 12.1. The van der Waals surface area contributed by atoms with E-state index in [9.17, 15) is 0 Å². The van der Waals surface area contributed by atoms with Gasteiger partial charge < -0.3 is 14.0 Å². The third kappa shape index (κ3) is 3.41. The third-order valence-corrected chi connectivity index (χ3v) is 10.4. The van der Waals surface area contributed by atoms with Crippen molar-refractivity contribution in [2.45, 2.75) is 64.0 Å². The molecule has 5 nitrogen and oxygen atoms in total. The van der Waals surface area contributed by atoms with Gasteiger partial charge in [-0.15, -0.1) is 11.3 Å². The minimum Gasteiger partial charge on any atom is -0.493 e. The van der Waals surface area contributed by atoms with E-state index in [1.54, 1.807) is 18.4 Å². The molecule has 3 aliphatic carbocycles. The molecule has 1 unspecified atom stereocenters. The highest BCUT2D eigenvalue weighted by Gasteiger charge is 2.55. The van der Waals surface area contributed by atoms with Crippen molar-refractivity contribution >= 4 is 22.4 Å². The highest BCUT2D eigenvalue weighted by molar-refractivity contribution is 7.09. The number of hydrogen-bond acceptors (Lipinski definition) is 5. The van der Waals surface area contributed by atoms with Crippen LogP contribution in [0.25, 0.3) is 11.0 Å². The van der Waals surface area contributed by atoms with Gasteiger partial charge in [-0.1, -0.05) is 19.1 Å². The van der Waals surface area contributed by atoms with Crippen LogP contribution >= 0.6 is 11.3 Å². The summed E-state index contributed by atoms with van der Waals surface area (Å²) in [5.41, 5.74) is 7.54. The number of aryl methyl sites for hydroxylation is 1. The predicted octanol–water partition coefficient (Wildman–Crippen LogP) is 7.18. The van der Waals surface area contributed by atoms with E-state index in [1.165, 1.54) is 48.7 Å². The van der Waals surface area contributed by atoms with Gasteiger partial charge >= 0.3 is 0 Å². The first kappa shape index (κ1) is 22.3. The summed E-state index contributed by atoms with van der Waals surface area (Å²) in [4.78, 5) is 10.0. The molecule has 6 heteroatoms. The van der Waals surface area contributed by atoms with Crippen molar-refractivity contribution in [1.82, 2.24) is 14.5 Å². The van der Waals surface area contributed by atoms with Crippen LogP contribution in [0.4, 0.5) is 0 Å². The molecular formula is C30H33N3O2S. The van der Waals surface area contributed by atoms with Crippen LogP contribution in [-0.4, -0.2) is 21.6 Å². The van der Waals surface area contributed by atoms with Crippen LogP contribution in [-0.2, 0) is 13.0 Å². The molecule has 7 rings (SSSR count). The van der Waals surface area contributed by atoms with Crippen LogP contribution < -0.4 is 9.47 Å². The maximum absolute atomic E-state index is 6.19. The van der Waals surface area contributed by atoms with Crippen LogP contribution in [0.1, 0.15) is 67.0 Å². The molecule has 0 radical (unpaired) electrons. The number of imidazole rings is 1. The molecule has 2 aromatic heterocycles. The molecule has 4 aromatic rings. The van der Waals surface area contributed by atoms with Gasteiger partial charge in [-0.05, 0) is 97.1 Å². The zero-order valence-electron chi connectivity index (χ0n) is 21.0. The fourth-order valence-electron chi connectivity index (χ4n) is 7.97. The van der Waals surface area contributed by atoms with Gasteiger partial charge in [0, 0.05) is 12.2 Å². The number of para-hydroxylation sites is 2. The summed E-state index contributed by atoms with van der Waals surface area (Å²) in [6, 6.07) is 13.7. The lowest BCUT2D eigenvalue weighted by molar-refractivity contribution is 0.0330. The molecule has 2 heterocycles. The average molecular weight is 500 g/mol. The Kier molecular flexibility index (Phi) is 5.35. The number of thiazole rings is 1. The van der Waals surface area contributed by atoms with Gasteiger partial charge in [0.15, 0.2) is 11.5 Å². The normalized spacial score (nSPS) is 28.9. The molecule has 2 aromatic carbocycles. The minimum absolute atomic E-state index is 0.323. The summed E-state index contributed by atoms with van der Waals surface area (Å²) in [7, 11) is 1.76. The van der Waals surface area contributed by atoms with E-state index < -0.39 is 0 Å². The van der Waals surface area contributed by atoms with E-state index in [4.69, 9.17) is 14.5 Å². The zero-order valence-corrected chi connectivity index (χ0v) is 21.8. The first-order valence-corrected chi connectivity index (χ1v) is 14.2. The van der Waals surface area contributed by atoms with Gasteiger partial charge in [0.2, 0.25) is 0 Å². The highest BCUT2D eigenvalue weighted by atomic mass is 32.1. The molecule has 0 amide bonds. The topological polar surface area (TPSA) is 49.2 Å². The summed E-state index contributed by atoms with van der Waals surface area (Å²) in [6.07, 6.45) is 11.5. The highest BCUT2D eigenvalue weighted by Crippen LogP contribution is 2.64. The Morgan fingerprint density at radius 1 is 1.11 bits per heavy atom. The smallest absolute Gasteiger partial charge is 0.162 e. The lowest BCUT2D eigenvalue weighted by Gasteiger charge is -2.51. The second kappa shape index (κ2) is 8.62. The van der Waals surface area contributed by atoms with Gasteiger partial charge in [0.25, 0.3) is 0 Å². The lowest BCUT2D eigenvalue weighted by atomic mass is 9.55. The monoisotopic (exact) mass is 499 g/mol. The number of methoxy groups -OCH3 is 1. The summed E-state index contributed by atoms with van der Waals surface area (Å²) < 4.78 is 14.5. The first-order chi connectivity index (χ1) is 17.7. The Morgan fingerprint density at radius 3 is 2.89 bits per heavy atom. The lowest BCUT2D eigenvalue weighted by Crippen LogP contribution is -2.42. The number of nitrogens with zero attached hydrogens (tertiary/aromatic N) is 3. The van der Waals surface area contributed by atoms with Crippen molar-refractivity contribution in [3.8, 4) is 11.5 Å². The molecule has 0 saturated heterocycles. The Balaban J connectivity index is 1.17. The van der Waals surface area contributed by atoms with Gasteiger partial charge in [-0.2, -0.15) is 0 Å². The molecule has 3 aliphatic rings. The van der Waals surface area contributed by atoms with Gasteiger partial charge in [0.1, 0.15) is 6.61 Å². The fraction of sp³-hybridized carbons (Fsp3) is 0.467. The predicted molar refractivity (Wildman–Crippen MR) is 143 cm³/mol. The largest absolute Gasteiger partial charge is 0.493 e. The molecule has 0 N–H and O–H groups in total. The number of rotatable bonds is 5. The van der Waals surface area contributed by atoms with Crippen LogP contribution in [0.2, 0.25) is 0 Å². The van der Waals surface area contributed by atoms with Gasteiger partial charge in [0.05, 0.1) is 34.9 Å². The maximum Gasteiger partial charge on any atom is 0.162 e. The summed E-state index contributed by atoms with van der Waals surface area (Å²) >= 11 is 1.62. The minimum atomic E-state index is 0.323. The number of fused-ring (bicyclic) bond motifs is 6. The van der Waals surface area contributed by atoms with Crippen LogP contribution in [0.15, 0.2) is 54.4 Å². The van der Waals surface area contributed by atoms with Crippen molar-refractivity contribution in [1.29, 1.82) is 0 Å². The summed E-state index contributed by atoms with van der Waals surface area (Å²) in [6.45, 7) is 3.11. The van der Waals surface area contributed by atoms with E-state index in [2.05, 4.69) is 59.2 Å². The van der Waals surface area contributed by atoms with E-state index in [-0.39, 0.29) is 0 Å². The molecule has 186 valence electrons. The van der Waals surface area contributed by atoms with E-state index in [1.807, 2.05) is 11.7 Å². The number of hydrogen-bond donors (Lipinski definition) is 0. The Labute approximate surface area is 216 Å². The Hall–Kier alpha value is -2.86. The zero-order chi connectivity index (χ0) is 24.3. The van der Waals surface area contributed by atoms with Crippen molar-refractivity contribution < 1.29 is 9.47 Å². The summed E-state index contributed by atoms with van der Waals surface area (Å²) in [5.74, 6) is 3.83.